The van der Waals surface area contributed by atoms with E-state index in [0.717, 1.165) is 31.2 Å². The third kappa shape index (κ3) is 4.41. The van der Waals surface area contributed by atoms with Crippen LogP contribution in [0.5, 0.6) is 0 Å². The van der Waals surface area contributed by atoms with Crippen LogP contribution in [0.4, 0.5) is 4.39 Å². The van der Waals surface area contributed by atoms with Crippen LogP contribution in [0, 0.1) is 11.7 Å². The molecule has 0 saturated heterocycles. The Bertz CT molecular complexity index is 508. The molecule has 1 aromatic rings. The number of nitrogens with one attached hydrogen (secondary N) is 1. The van der Waals surface area contributed by atoms with Gasteiger partial charge in [-0.25, -0.2) is 4.39 Å². The Hall–Kier alpha value is -1.66. The van der Waals surface area contributed by atoms with Gasteiger partial charge in [0.05, 0.1) is 6.10 Å². The molecule has 21 heavy (non-hydrogen) atoms. The number of halogens is 1. The van der Waals surface area contributed by atoms with Crippen LogP contribution in [0.1, 0.15) is 36.8 Å². The minimum Gasteiger partial charge on any atom is -0.409 e. The van der Waals surface area contributed by atoms with E-state index in [2.05, 4.69) is 10.5 Å². The van der Waals surface area contributed by atoms with Crippen molar-refractivity contribution in [2.24, 2.45) is 16.8 Å². The van der Waals surface area contributed by atoms with Crippen LogP contribution in [-0.2, 0) is 6.54 Å². The van der Waals surface area contributed by atoms with E-state index in [1.54, 1.807) is 6.07 Å². The van der Waals surface area contributed by atoms with Crippen LogP contribution < -0.4 is 11.1 Å². The van der Waals surface area contributed by atoms with E-state index in [1.807, 2.05) is 0 Å². The lowest BCUT2D eigenvalue weighted by Gasteiger charge is -2.27. The van der Waals surface area contributed by atoms with Gasteiger partial charge in [-0.15, -0.1) is 0 Å². The summed E-state index contributed by atoms with van der Waals surface area (Å²) in [5.74, 6) is -0.275. The van der Waals surface area contributed by atoms with E-state index in [0.29, 0.717) is 18.7 Å². The van der Waals surface area contributed by atoms with Crippen molar-refractivity contribution in [1.29, 1.82) is 0 Å². The van der Waals surface area contributed by atoms with Gasteiger partial charge < -0.3 is 21.4 Å². The van der Waals surface area contributed by atoms with Crippen LogP contribution in [-0.4, -0.2) is 28.8 Å². The lowest BCUT2D eigenvalue weighted by atomic mass is 9.86. The molecule has 5 nitrogen and oxygen atoms in total. The number of hydrogen-bond donors (Lipinski definition) is 4. The molecule has 5 N–H and O–H groups in total. The zero-order chi connectivity index (χ0) is 15.2. The predicted octanol–water partition coefficient (Wildman–Crippen LogP) is 1.56. The van der Waals surface area contributed by atoms with Crippen molar-refractivity contribution >= 4 is 5.84 Å². The molecule has 2 rings (SSSR count). The fraction of sp³-hybridized carbons (Fsp3) is 0.533. The van der Waals surface area contributed by atoms with Gasteiger partial charge in [0, 0.05) is 18.7 Å². The molecule has 2 atom stereocenters. The van der Waals surface area contributed by atoms with Crippen molar-refractivity contribution in [3.63, 3.8) is 0 Å². The quantitative estimate of drug-likeness (QED) is 0.287. The first-order chi connectivity index (χ1) is 10.1. The van der Waals surface area contributed by atoms with Crippen LogP contribution in [0.2, 0.25) is 0 Å². The first-order valence-corrected chi connectivity index (χ1v) is 7.26. The molecule has 1 saturated carbocycles. The molecule has 2 unspecified atom stereocenters. The number of oxime groups is 1. The van der Waals surface area contributed by atoms with E-state index < -0.39 is 5.82 Å². The van der Waals surface area contributed by atoms with Crippen molar-refractivity contribution < 1.29 is 14.7 Å². The molecule has 1 fully saturated rings. The number of benzene rings is 1. The predicted molar refractivity (Wildman–Crippen MR) is 78.6 cm³/mol. The number of hydrogen-bond acceptors (Lipinski definition) is 4. The summed E-state index contributed by atoms with van der Waals surface area (Å²) in [6, 6.07) is 4.32. The summed E-state index contributed by atoms with van der Waals surface area (Å²) in [5.41, 5.74) is 6.55. The smallest absolute Gasteiger partial charge is 0.170 e. The number of amidine groups is 1. The topological polar surface area (TPSA) is 90.9 Å². The maximum absolute atomic E-state index is 13.5. The van der Waals surface area contributed by atoms with E-state index >= 15 is 0 Å². The second kappa shape index (κ2) is 7.38. The van der Waals surface area contributed by atoms with Gasteiger partial charge in [0.15, 0.2) is 5.84 Å². The van der Waals surface area contributed by atoms with Crippen molar-refractivity contribution in [1.82, 2.24) is 5.32 Å². The summed E-state index contributed by atoms with van der Waals surface area (Å²) in [6.45, 7) is 1.18. The molecular formula is C15H22FN3O2. The van der Waals surface area contributed by atoms with Gasteiger partial charge in [-0.3, -0.25) is 0 Å². The highest BCUT2D eigenvalue weighted by atomic mass is 19.1. The average molecular weight is 295 g/mol. The number of rotatable bonds is 5. The minimum absolute atomic E-state index is 0.113. The lowest BCUT2D eigenvalue weighted by Crippen LogP contribution is -2.33. The lowest BCUT2D eigenvalue weighted by molar-refractivity contribution is 0.0695. The maximum Gasteiger partial charge on any atom is 0.170 e. The molecule has 0 amide bonds. The third-order valence-electron chi connectivity index (χ3n) is 3.97. The molecule has 0 radical (unpaired) electrons. The molecule has 1 aliphatic rings. The van der Waals surface area contributed by atoms with Crippen LogP contribution in [0.3, 0.4) is 0 Å². The van der Waals surface area contributed by atoms with Gasteiger partial charge >= 0.3 is 0 Å². The van der Waals surface area contributed by atoms with Crippen molar-refractivity contribution in [2.45, 2.75) is 38.3 Å². The summed E-state index contributed by atoms with van der Waals surface area (Å²) in [5, 5.41) is 24.7. The summed E-state index contributed by atoms with van der Waals surface area (Å²) in [6.07, 6.45) is 3.88. The monoisotopic (exact) mass is 295 g/mol. The van der Waals surface area contributed by atoms with Gasteiger partial charge in [-0.1, -0.05) is 18.0 Å². The Balaban J connectivity index is 1.92. The van der Waals surface area contributed by atoms with Crippen LogP contribution >= 0.6 is 0 Å². The minimum atomic E-state index is -0.423. The first kappa shape index (κ1) is 15.7. The summed E-state index contributed by atoms with van der Waals surface area (Å²) < 4.78 is 13.5. The standard InChI is InChI=1S/C15H22FN3O2/c16-13-6-10(5-12(7-13)15(17)19-21)8-18-9-11-3-1-2-4-14(11)20/h5-7,11,14,18,20-21H,1-4,8-9H2,(H2,17,19). The van der Waals surface area contributed by atoms with Crippen molar-refractivity contribution in [2.75, 3.05) is 6.54 Å². The number of aliphatic hydroxyl groups is 1. The Kier molecular flexibility index (Phi) is 5.52. The summed E-state index contributed by atoms with van der Waals surface area (Å²) in [7, 11) is 0. The van der Waals surface area contributed by atoms with Gasteiger partial charge in [-0.05, 0) is 42.5 Å². The molecule has 0 heterocycles. The number of nitrogens with two attached hydrogens (primary N) is 1. The maximum atomic E-state index is 13.5. The normalized spacial score (nSPS) is 23.2. The highest BCUT2D eigenvalue weighted by molar-refractivity contribution is 5.97. The van der Waals surface area contributed by atoms with Crippen molar-refractivity contribution in [3.8, 4) is 0 Å². The van der Waals surface area contributed by atoms with Gasteiger partial charge in [-0.2, -0.15) is 0 Å². The average Bonchev–Trinajstić information content (AvgIpc) is 2.48. The SMILES string of the molecule is N/C(=N/O)c1cc(F)cc(CNCC2CCCCC2O)c1. The Labute approximate surface area is 123 Å². The Morgan fingerprint density at radius 2 is 2.10 bits per heavy atom. The fourth-order valence-electron chi connectivity index (χ4n) is 2.79. The zero-order valence-corrected chi connectivity index (χ0v) is 11.9. The number of aliphatic hydroxyl groups excluding tert-OH is 1. The van der Waals surface area contributed by atoms with Crippen molar-refractivity contribution in [3.05, 3.63) is 35.1 Å². The summed E-state index contributed by atoms with van der Waals surface area (Å²) >= 11 is 0. The van der Waals surface area contributed by atoms with Crippen LogP contribution in [0.25, 0.3) is 0 Å². The fourth-order valence-corrected chi connectivity index (χ4v) is 2.79. The van der Waals surface area contributed by atoms with Gasteiger partial charge in [0.25, 0.3) is 0 Å². The van der Waals surface area contributed by atoms with E-state index in [9.17, 15) is 9.50 Å². The highest BCUT2D eigenvalue weighted by Crippen LogP contribution is 2.23. The third-order valence-corrected chi connectivity index (χ3v) is 3.97. The largest absolute Gasteiger partial charge is 0.409 e. The molecule has 0 bridgehead atoms. The summed E-state index contributed by atoms with van der Waals surface area (Å²) in [4.78, 5) is 0. The Morgan fingerprint density at radius 1 is 1.33 bits per heavy atom. The molecule has 6 heteroatoms. The van der Waals surface area contributed by atoms with Crippen LogP contribution in [0.15, 0.2) is 23.4 Å². The van der Waals surface area contributed by atoms with Gasteiger partial charge in [0.2, 0.25) is 0 Å². The van der Waals surface area contributed by atoms with E-state index in [1.165, 1.54) is 12.1 Å². The molecular weight excluding hydrogens is 273 g/mol. The molecule has 0 aliphatic heterocycles. The van der Waals surface area contributed by atoms with E-state index in [-0.39, 0.29) is 17.9 Å². The molecule has 116 valence electrons. The van der Waals surface area contributed by atoms with Gasteiger partial charge in [0.1, 0.15) is 5.82 Å². The highest BCUT2D eigenvalue weighted by Gasteiger charge is 2.22. The second-order valence-corrected chi connectivity index (χ2v) is 5.58. The van der Waals surface area contributed by atoms with E-state index in [4.69, 9.17) is 10.9 Å². The molecule has 1 aliphatic carbocycles. The molecule has 0 spiro atoms. The molecule has 1 aromatic carbocycles. The number of nitrogens with zero attached hydrogens (tertiary/aromatic N) is 1. The first-order valence-electron chi connectivity index (χ1n) is 7.26. The second-order valence-electron chi connectivity index (χ2n) is 5.58. The molecule has 0 aromatic heterocycles. The Morgan fingerprint density at radius 3 is 2.81 bits per heavy atom. The zero-order valence-electron chi connectivity index (χ0n) is 11.9.